The molecule has 2 N–H and O–H groups in total. The molecule has 0 radical (unpaired) electrons. The van der Waals surface area contributed by atoms with E-state index < -0.39 is 10.8 Å². The van der Waals surface area contributed by atoms with Crippen molar-refractivity contribution >= 4 is 17.5 Å². The number of hydrogen-bond donors (Lipinski definition) is 2. The zero-order chi connectivity index (χ0) is 19.8. The fourth-order valence-electron chi connectivity index (χ4n) is 2.53. The summed E-state index contributed by atoms with van der Waals surface area (Å²) in [6.07, 6.45) is 0.677. The zero-order valence-electron chi connectivity index (χ0n) is 15.1. The molecule has 0 aliphatic carbocycles. The molecular formula is C19H21N3O5. The monoisotopic (exact) mass is 371 g/mol. The molecule has 0 saturated carbocycles. The number of nitro groups is 1. The molecule has 2 aromatic carbocycles. The highest BCUT2D eigenvalue weighted by molar-refractivity contribution is 5.97. The maximum Gasteiger partial charge on any atom is 0.270 e. The number of hydrogen-bond acceptors (Lipinski definition) is 5. The van der Waals surface area contributed by atoms with Gasteiger partial charge in [-0.25, -0.2) is 0 Å². The molecule has 0 fully saturated rings. The lowest BCUT2D eigenvalue weighted by Crippen LogP contribution is -2.38. The first-order valence-electron chi connectivity index (χ1n) is 8.40. The predicted molar refractivity (Wildman–Crippen MR) is 99.6 cm³/mol. The molecule has 2 amide bonds. The lowest BCUT2D eigenvalue weighted by atomic mass is 10.0. The maximum absolute atomic E-state index is 12.2. The highest BCUT2D eigenvalue weighted by atomic mass is 16.6. The van der Waals surface area contributed by atoms with Gasteiger partial charge in [0, 0.05) is 17.7 Å². The van der Waals surface area contributed by atoms with Gasteiger partial charge in [-0.2, -0.15) is 0 Å². The molecule has 27 heavy (non-hydrogen) atoms. The number of amides is 2. The molecule has 0 aliphatic rings. The summed E-state index contributed by atoms with van der Waals surface area (Å²) in [5, 5.41) is 16.1. The SMILES string of the molecule is CCC(NC(=O)CNC(=O)c1cccc([N+](=O)[O-])c1)c1ccc(OC)cc1. The van der Waals surface area contributed by atoms with Crippen LogP contribution in [0.15, 0.2) is 48.5 Å². The number of carbonyl (C=O) groups excluding carboxylic acids is 2. The van der Waals surface area contributed by atoms with Gasteiger partial charge in [0.25, 0.3) is 11.6 Å². The first-order chi connectivity index (χ1) is 12.9. The van der Waals surface area contributed by atoms with Gasteiger partial charge < -0.3 is 15.4 Å². The number of non-ortho nitro benzene ring substituents is 1. The Morgan fingerprint density at radius 3 is 2.48 bits per heavy atom. The smallest absolute Gasteiger partial charge is 0.270 e. The molecule has 1 unspecified atom stereocenters. The number of carbonyl (C=O) groups is 2. The third kappa shape index (κ3) is 5.53. The van der Waals surface area contributed by atoms with E-state index in [1.807, 2.05) is 31.2 Å². The van der Waals surface area contributed by atoms with E-state index in [1.165, 1.54) is 24.3 Å². The average molecular weight is 371 g/mol. The van der Waals surface area contributed by atoms with Gasteiger partial charge in [0.1, 0.15) is 5.75 Å². The zero-order valence-corrected chi connectivity index (χ0v) is 15.1. The van der Waals surface area contributed by atoms with E-state index in [9.17, 15) is 19.7 Å². The number of rotatable bonds is 8. The van der Waals surface area contributed by atoms with Crippen LogP contribution in [-0.2, 0) is 4.79 Å². The molecule has 8 nitrogen and oxygen atoms in total. The summed E-state index contributed by atoms with van der Waals surface area (Å²) >= 11 is 0. The summed E-state index contributed by atoms with van der Waals surface area (Å²) < 4.78 is 5.12. The Balaban J connectivity index is 1.93. The molecule has 0 aliphatic heterocycles. The Morgan fingerprint density at radius 1 is 1.19 bits per heavy atom. The van der Waals surface area contributed by atoms with Crippen molar-refractivity contribution < 1.29 is 19.2 Å². The highest BCUT2D eigenvalue weighted by Crippen LogP contribution is 2.20. The first-order valence-corrected chi connectivity index (χ1v) is 8.40. The molecule has 0 spiro atoms. The van der Waals surface area contributed by atoms with E-state index in [0.717, 1.165) is 11.3 Å². The van der Waals surface area contributed by atoms with Gasteiger partial charge in [-0.1, -0.05) is 25.1 Å². The highest BCUT2D eigenvalue weighted by Gasteiger charge is 2.15. The fourth-order valence-corrected chi connectivity index (χ4v) is 2.53. The number of nitrogens with zero attached hydrogens (tertiary/aromatic N) is 1. The topological polar surface area (TPSA) is 111 Å². The van der Waals surface area contributed by atoms with Crippen molar-refractivity contribution in [1.82, 2.24) is 10.6 Å². The predicted octanol–water partition coefficient (Wildman–Crippen LogP) is 2.60. The number of ether oxygens (including phenoxy) is 1. The maximum atomic E-state index is 12.2. The van der Waals surface area contributed by atoms with Crippen molar-refractivity contribution in [2.24, 2.45) is 0 Å². The minimum absolute atomic E-state index is 0.124. The first kappa shape index (κ1) is 19.9. The third-order valence-electron chi connectivity index (χ3n) is 3.99. The van der Waals surface area contributed by atoms with Gasteiger partial charge in [0.15, 0.2) is 0 Å². The van der Waals surface area contributed by atoms with Gasteiger partial charge >= 0.3 is 0 Å². The summed E-state index contributed by atoms with van der Waals surface area (Å²) in [4.78, 5) is 34.4. The largest absolute Gasteiger partial charge is 0.497 e. The quantitative estimate of drug-likeness (QED) is 0.547. The molecule has 2 rings (SSSR count). The Kier molecular flexibility index (Phi) is 6.87. The second-order valence-electron chi connectivity index (χ2n) is 5.79. The van der Waals surface area contributed by atoms with Gasteiger partial charge in [0.2, 0.25) is 5.91 Å². The Labute approximate surface area is 156 Å². The van der Waals surface area contributed by atoms with Crippen LogP contribution in [0, 0.1) is 10.1 Å². The van der Waals surface area contributed by atoms with Gasteiger partial charge in [-0.05, 0) is 30.2 Å². The van der Waals surface area contributed by atoms with Crippen LogP contribution in [0.5, 0.6) is 5.75 Å². The lowest BCUT2D eigenvalue weighted by Gasteiger charge is -2.18. The van der Waals surface area contributed by atoms with Crippen molar-refractivity contribution in [3.63, 3.8) is 0 Å². The second-order valence-corrected chi connectivity index (χ2v) is 5.79. The normalized spacial score (nSPS) is 11.3. The van der Waals surface area contributed by atoms with E-state index in [0.29, 0.717) is 6.42 Å². The lowest BCUT2D eigenvalue weighted by molar-refractivity contribution is -0.384. The summed E-state index contributed by atoms with van der Waals surface area (Å²) in [5.41, 5.74) is 0.869. The molecule has 1 atom stereocenters. The number of nitro benzene ring substituents is 1. The van der Waals surface area contributed by atoms with Crippen LogP contribution >= 0.6 is 0 Å². The summed E-state index contributed by atoms with van der Waals surface area (Å²) in [7, 11) is 1.58. The number of benzene rings is 2. The molecule has 2 aromatic rings. The van der Waals surface area contributed by atoms with Crippen LogP contribution in [0.2, 0.25) is 0 Å². The third-order valence-corrected chi connectivity index (χ3v) is 3.99. The van der Waals surface area contributed by atoms with E-state index in [4.69, 9.17) is 4.74 Å². The average Bonchev–Trinajstić information content (AvgIpc) is 2.70. The van der Waals surface area contributed by atoms with E-state index >= 15 is 0 Å². The van der Waals surface area contributed by atoms with Crippen LogP contribution in [0.3, 0.4) is 0 Å². The summed E-state index contributed by atoms with van der Waals surface area (Å²) in [6, 6.07) is 12.5. The van der Waals surface area contributed by atoms with E-state index in [-0.39, 0.29) is 29.7 Å². The van der Waals surface area contributed by atoms with Crippen LogP contribution in [-0.4, -0.2) is 30.4 Å². The van der Waals surface area contributed by atoms with Gasteiger partial charge in [-0.15, -0.1) is 0 Å². The van der Waals surface area contributed by atoms with Crippen LogP contribution < -0.4 is 15.4 Å². The minimum atomic E-state index is -0.579. The molecule has 142 valence electrons. The summed E-state index contributed by atoms with van der Waals surface area (Å²) in [6.45, 7) is 1.71. The Morgan fingerprint density at radius 2 is 1.89 bits per heavy atom. The molecule has 0 heterocycles. The Hall–Kier alpha value is -3.42. The summed E-state index contributed by atoms with van der Waals surface area (Å²) in [5.74, 6) is -0.174. The van der Waals surface area contributed by atoms with Crippen molar-refractivity contribution in [2.45, 2.75) is 19.4 Å². The van der Waals surface area contributed by atoms with Crippen molar-refractivity contribution in [2.75, 3.05) is 13.7 Å². The van der Waals surface area contributed by atoms with Gasteiger partial charge in [-0.3, -0.25) is 19.7 Å². The van der Waals surface area contributed by atoms with E-state index in [1.54, 1.807) is 7.11 Å². The van der Waals surface area contributed by atoms with E-state index in [2.05, 4.69) is 10.6 Å². The van der Waals surface area contributed by atoms with Crippen LogP contribution in [0.1, 0.15) is 35.3 Å². The molecule has 0 bridgehead atoms. The molecule has 0 aromatic heterocycles. The fraction of sp³-hybridized carbons (Fsp3) is 0.263. The molecule has 8 heteroatoms. The van der Waals surface area contributed by atoms with Crippen LogP contribution in [0.25, 0.3) is 0 Å². The Bertz CT molecular complexity index is 820. The number of nitrogens with one attached hydrogen (secondary N) is 2. The molecule has 0 saturated heterocycles. The van der Waals surface area contributed by atoms with Crippen LogP contribution in [0.4, 0.5) is 5.69 Å². The molecular weight excluding hydrogens is 350 g/mol. The van der Waals surface area contributed by atoms with Crippen molar-refractivity contribution in [3.05, 3.63) is 69.8 Å². The van der Waals surface area contributed by atoms with Gasteiger partial charge in [0.05, 0.1) is 24.6 Å². The standard InChI is InChI=1S/C19H21N3O5/c1-3-17(13-7-9-16(27-2)10-8-13)21-18(23)12-20-19(24)14-5-4-6-15(11-14)22(25)26/h4-11,17H,3,12H2,1-2H3,(H,20,24)(H,21,23). The minimum Gasteiger partial charge on any atom is -0.497 e. The van der Waals surface area contributed by atoms with Crippen molar-refractivity contribution in [3.8, 4) is 5.75 Å². The second kappa shape index (κ2) is 9.33. The number of methoxy groups -OCH3 is 1. The van der Waals surface area contributed by atoms with Crippen molar-refractivity contribution in [1.29, 1.82) is 0 Å².